The summed E-state index contributed by atoms with van der Waals surface area (Å²) in [6.45, 7) is 4.32. The van der Waals surface area contributed by atoms with Crippen molar-refractivity contribution in [3.63, 3.8) is 0 Å². The zero-order valence-corrected chi connectivity index (χ0v) is 16.1. The SMILES string of the molecule is CCn1ncc2c(C(=O)N3CC4CCC(N)C4C3)cc(-c3ccccc3)nc21. The number of fused-ring (bicyclic) bond motifs is 2. The fourth-order valence-corrected chi connectivity index (χ4v) is 4.86. The molecule has 28 heavy (non-hydrogen) atoms. The number of likely N-dealkylation sites (tertiary alicyclic amines) is 1. The number of carbonyl (C=O) groups excluding carboxylic acids is 1. The number of aromatic nitrogens is 3. The average Bonchev–Trinajstić information content (AvgIpc) is 3.43. The highest BCUT2D eigenvalue weighted by Crippen LogP contribution is 2.38. The van der Waals surface area contributed by atoms with Crippen molar-refractivity contribution in [3.8, 4) is 11.3 Å². The molecular weight excluding hydrogens is 350 g/mol. The van der Waals surface area contributed by atoms with Gasteiger partial charge in [0.15, 0.2) is 5.65 Å². The van der Waals surface area contributed by atoms with Gasteiger partial charge in [-0.3, -0.25) is 4.79 Å². The molecule has 2 fully saturated rings. The van der Waals surface area contributed by atoms with E-state index < -0.39 is 0 Å². The Hall–Kier alpha value is -2.73. The second kappa shape index (κ2) is 6.71. The van der Waals surface area contributed by atoms with Crippen LogP contribution in [-0.4, -0.2) is 44.7 Å². The summed E-state index contributed by atoms with van der Waals surface area (Å²) in [6.07, 6.45) is 3.99. The lowest BCUT2D eigenvalue weighted by Gasteiger charge is -2.19. The van der Waals surface area contributed by atoms with Crippen LogP contribution < -0.4 is 5.73 Å². The van der Waals surface area contributed by atoms with Gasteiger partial charge in [0.25, 0.3) is 5.91 Å². The summed E-state index contributed by atoms with van der Waals surface area (Å²) in [6, 6.07) is 12.2. The van der Waals surface area contributed by atoms with E-state index in [4.69, 9.17) is 10.7 Å². The van der Waals surface area contributed by atoms with Crippen molar-refractivity contribution in [3.05, 3.63) is 48.2 Å². The number of carbonyl (C=O) groups is 1. The molecule has 3 heterocycles. The van der Waals surface area contributed by atoms with E-state index in [2.05, 4.69) is 5.10 Å². The molecule has 6 nitrogen and oxygen atoms in total. The molecule has 1 aliphatic carbocycles. The molecule has 1 amide bonds. The van der Waals surface area contributed by atoms with Gasteiger partial charge in [-0.1, -0.05) is 30.3 Å². The molecule has 0 spiro atoms. The molecule has 6 heteroatoms. The van der Waals surface area contributed by atoms with Gasteiger partial charge < -0.3 is 10.6 Å². The fraction of sp³-hybridized carbons (Fsp3) is 0.409. The Morgan fingerprint density at radius 1 is 1.21 bits per heavy atom. The molecule has 3 atom stereocenters. The number of aryl methyl sites for hydroxylation is 1. The molecular formula is C22H25N5O. The molecule has 3 aromatic rings. The van der Waals surface area contributed by atoms with Crippen LogP contribution in [0, 0.1) is 11.8 Å². The molecule has 1 saturated carbocycles. The van der Waals surface area contributed by atoms with E-state index in [0.717, 1.165) is 48.2 Å². The molecule has 2 N–H and O–H groups in total. The zero-order valence-electron chi connectivity index (χ0n) is 16.1. The molecule has 144 valence electrons. The van der Waals surface area contributed by atoms with Gasteiger partial charge in [0.1, 0.15) is 0 Å². The topological polar surface area (TPSA) is 77.0 Å². The molecule has 1 saturated heterocycles. The summed E-state index contributed by atoms with van der Waals surface area (Å²) in [5.74, 6) is 1.05. The first-order chi connectivity index (χ1) is 13.7. The van der Waals surface area contributed by atoms with E-state index in [1.807, 2.05) is 52.9 Å². The number of rotatable bonds is 3. The van der Waals surface area contributed by atoms with Gasteiger partial charge >= 0.3 is 0 Å². The van der Waals surface area contributed by atoms with Gasteiger partial charge in [0.05, 0.1) is 22.8 Å². The Morgan fingerprint density at radius 2 is 2.04 bits per heavy atom. The predicted molar refractivity (Wildman–Crippen MR) is 109 cm³/mol. The number of nitrogens with zero attached hydrogens (tertiary/aromatic N) is 4. The third-order valence-corrected chi connectivity index (χ3v) is 6.41. The standard InChI is InChI=1S/C22H25N5O/c1-2-27-21-17(11-24-27)16(10-20(25-21)14-6-4-3-5-7-14)22(28)26-12-15-8-9-19(23)18(15)13-26/h3-7,10-11,15,18-19H,2,8-9,12-13,23H2,1H3. The van der Waals surface area contributed by atoms with Gasteiger partial charge in [-0.2, -0.15) is 5.10 Å². The molecule has 0 bridgehead atoms. The third-order valence-electron chi connectivity index (χ3n) is 6.41. The van der Waals surface area contributed by atoms with E-state index in [-0.39, 0.29) is 11.9 Å². The van der Waals surface area contributed by atoms with Crippen molar-refractivity contribution in [2.45, 2.75) is 32.4 Å². The summed E-state index contributed by atoms with van der Waals surface area (Å²) < 4.78 is 1.85. The fourth-order valence-electron chi connectivity index (χ4n) is 4.86. The highest BCUT2D eigenvalue weighted by atomic mass is 16.2. The van der Waals surface area contributed by atoms with Crippen molar-refractivity contribution in [1.29, 1.82) is 0 Å². The molecule has 3 unspecified atom stereocenters. The number of benzene rings is 1. The molecule has 5 rings (SSSR count). The Bertz CT molecular complexity index is 1030. The van der Waals surface area contributed by atoms with Gasteiger partial charge in [-0.15, -0.1) is 0 Å². The quantitative estimate of drug-likeness (QED) is 0.764. The molecule has 2 aliphatic rings. The normalized spacial score (nSPS) is 24.1. The first-order valence-corrected chi connectivity index (χ1v) is 10.1. The number of nitrogens with two attached hydrogens (primary N) is 1. The third kappa shape index (κ3) is 2.71. The summed E-state index contributed by atoms with van der Waals surface area (Å²) in [5, 5.41) is 5.28. The lowest BCUT2D eigenvalue weighted by molar-refractivity contribution is 0.0781. The maximum absolute atomic E-state index is 13.5. The van der Waals surface area contributed by atoms with E-state index in [1.54, 1.807) is 6.20 Å². The van der Waals surface area contributed by atoms with E-state index in [1.165, 1.54) is 0 Å². The van der Waals surface area contributed by atoms with E-state index >= 15 is 0 Å². The van der Waals surface area contributed by atoms with Crippen LogP contribution in [0.4, 0.5) is 0 Å². The lowest BCUT2D eigenvalue weighted by atomic mass is 9.98. The van der Waals surface area contributed by atoms with Crippen LogP contribution in [0.15, 0.2) is 42.6 Å². The van der Waals surface area contributed by atoms with Crippen molar-refractivity contribution in [2.24, 2.45) is 17.6 Å². The number of amides is 1. The predicted octanol–water partition coefficient (Wildman–Crippen LogP) is 2.93. The number of pyridine rings is 1. The van der Waals surface area contributed by atoms with Crippen LogP contribution in [0.2, 0.25) is 0 Å². The average molecular weight is 375 g/mol. The van der Waals surface area contributed by atoms with Crippen molar-refractivity contribution in [2.75, 3.05) is 13.1 Å². The Labute approximate surface area is 164 Å². The summed E-state index contributed by atoms with van der Waals surface area (Å²) in [4.78, 5) is 20.3. The van der Waals surface area contributed by atoms with E-state index in [0.29, 0.717) is 23.9 Å². The first kappa shape index (κ1) is 17.4. The summed E-state index contributed by atoms with van der Waals surface area (Å²) in [7, 11) is 0. The minimum absolute atomic E-state index is 0.0711. The highest BCUT2D eigenvalue weighted by molar-refractivity contribution is 6.06. The lowest BCUT2D eigenvalue weighted by Crippen LogP contribution is -2.33. The summed E-state index contributed by atoms with van der Waals surface area (Å²) >= 11 is 0. The zero-order chi connectivity index (χ0) is 19.3. The Kier molecular flexibility index (Phi) is 4.16. The minimum atomic E-state index is 0.0711. The van der Waals surface area contributed by atoms with Crippen LogP contribution in [-0.2, 0) is 6.54 Å². The van der Waals surface area contributed by atoms with E-state index in [9.17, 15) is 4.79 Å². The smallest absolute Gasteiger partial charge is 0.254 e. The van der Waals surface area contributed by atoms with Crippen molar-refractivity contribution >= 4 is 16.9 Å². The number of hydrogen-bond donors (Lipinski definition) is 1. The maximum Gasteiger partial charge on any atom is 0.254 e. The monoisotopic (exact) mass is 375 g/mol. The molecule has 1 aromatic carbocycles. The second-order valence-electron chi connectivity index (χ2n) is 7.99. The molecule has 2 aromatic heterocycles. The summed E-state index contributed by atoms with van der Waals surface area (Å²) in [5.41, 5.74) is 9.54. The van der Waals surface area contributed by atoms with Gasteiger partial charge in [0.2, 0.25) is 0 Å². The highest BCUT2D eigenvalue weighted by Gasteiger charge is 2.42. The van der Waals surface area contributed by atoms with Crippen LogP contribution in [0.5, 0.6) is 0 Å². The van der Waals surface area contributed by atoms with Crippen LogP contribution in [0.1, 0.15) is 30.1 Å². The largest absolute Gasteiger partial charge is 0.338 e. The second-order valence-corrected chi connectivity index (χ2v) is 7.99. The van der Waals surface area contributed by atoms with Gasteiger partial charge in [-0.05, 0) is 37.7 Å². The maximum atomic E-state index is 13.5. The van der Waals surface area contributed by atoms with Crippen LogP contribution in [0.25, 0.3) is 22.3 Å². The molecule has 0 radical (unpaired) electrons. The minimum Gasteiger partial charge on any atom is -0.338 e. The first-order valence-electron chi connectivity index (χ1n) is 10.1. The van der Waals surface area contributed by atoms with Crippen molar-refractivity contribution < 1.29 is 4.79 Å². The Morgan fingerprint density at radius 3 is 2.79 bits per heavy atom. The van der Waals surface area contributed by atoms with Crippen LogP contribution in [0.3, 0.4) is 0 Å². The van der Waals surface area contributed by atoms with Crippen LogP contribution >= 0.6 is 0 Å². The Balaban J connectivity index is 1.58. The van der Waals surface area contributed by atoms with Gasteiger partial charge in [0, 0.05) is 31.2 Å². The number of hydrogen-bond acceptors (Lipinski definition) is 4. The molecule has 1 aliphatic heterocycles. The van der Waals surface area contributed by atoms with Gasteiger partial charge in [-0.25, -0.2) is 9.67 Å². The van der Waals surface area contributed by atoms with Crippen molar-refractivity contribution in [1.82, 2.24) is 19.7 Å².